The Kier molecular flexibility index (Phi) is 4.87. The normalized spacial score (nSPS) is 15.3. The molecule has 3 rings (SSSR count). The molecule has 2 heterocycles. The molecule has 0 radical (unpaired) electrons. The van der Waals surface area contributed by atoms with Crippen molar-refractivity contribution in [2.75, 3.05) is 25.1 Å². The molecule has 0 atom stereocenters. The van der Waals surface area contributed by atoms with Crippen LogP contribution in [0.15, 0.2) is 36.7 Å². The van der Waals surface area contributed by atoms with Crippen LogP contribution in [-0.4, -0.2) is 35.5 Å². The Hall–Kier alpha value is -2.41. The van der Waals surface area contributed by atoms with Crippen LogP contribution in [0.1, 0.15) is 18.9 Å². The molecule has 1 amide bonds. The van der Waals surface area contributed by atoms with E-state index in [1.807, 2.05) is 4.68 Å². The van der Waals surface area contributed by atoms with Crippen molar-refractivity contribution in [3.8, 4) is 5.75 Å². The van der Waals surface area contributed by atoms with Crippen LogP contribution < -0.4 is 10.1 Å². The molecular weight excluding hydrogens is 301 g/mol. The molecule has 6 nitrogen and oxygen atoms in total. The van der Waals surface area contributed by atoms with E-state index < -0.39 is 5.82 Å². The van der Waals surface area contributed by atoms with Gasteiger partial charge in [-0.15, -0.1) is 0 Å². The van der Waals surface area contributed by atoms with Crippen molar-refractivity contribution >= 4 is 11.6 Å². The van der Waals surface area contributed by atoms with E-state index in [0.29, 0.717) is 11.7 Å². The van der Waals surface area contributed by atoms with Gasteiger partial charge in [0.05, 0.1) is 17.9 Å². The van der Waals surface area contributed by atoms with E-state index in [-0.39, 0.29) is 18.3 Å². The van der Waals surface area contributed by atoms with Gasteiger partial charge >= 0.3 is 0 Å². The highest BCUT2D eigenvalue weighted by Gasteiger charge is 2.17. The van der Waals surface area contributed by atoms with Crippen molar-refractivity contribution in [3.63, 3.8) is 0 Å². The van der Waals surface area contributed by atoms with Gasteiger partial charge in [-0.05, 0) is 25.0 Å². The average molecular weight is 319 g/mol. The number of hydrogen-bond donors (Lipinski definition) is 1. The zero-order chi connectivity index (χ0) is 16.1. The number of nitrogens with one attached hydrogen (secondary N) is 1. The molecule has 1 aromatic heterocycles. The van der Waals surface area contributed by atoms with Crippen molar-refractivity contribution in [3.05, 3.63) is 42.5 Å². The predicted molar refractivity (Wildman–Crippen MR) is 81.8 cm³/mol. The maximum atomic E-state index is 13.4. The summed E-state index contributed by atoms with van der Waals surface area (Å²) in [5.74, 6) is -0.798. The number of carbonyl (C=O) groups excluding carboxylic acids is 1. The zero-order valence-electron chi connectivity index (χ0n) is 12.6. The van der Waals surface area contributed by atoms with Crippen LogP contribution >= 0.6 is 0 Å². The van der Waals surface area contributed by atoms with Crippen molar-refractivity contribution in [2.45, 2.75) is 18.9 Å². The molecule has 1 fully saturated rings. The Morgan fingerprint density at radius 3 is 2.96 bits per heavy atom. The summed E-state index contributed by atoms with van der Waals surface area (Å²) in [5, 5.41) is 6.96. The number of rotatable bonds is 5. The van der Waals surface area contributed by atoms with Crippen molar-refractivity contribution in [2.24, 2.45) is 0 Å². The molecule has 1 aliphatic heterocycles. The van der Waals surface area contributed by atoms with Gasteiger partial charge in [0.25, 0.3) is 5.91 Å². The molecule has 0 unspecified atom stereocenters. The number of ether oxygens (including phenoxy) is 2. The minimum Gasteiger partial charge on any atom is -0.481 e. The van der Waals surface area contributed by atoms with E-state index in [1.165, 1.54) is 12.1 Å². The number of carbonyl (C=O) groups is 1. The number of aromatic nitrogens is 2. The fourth-order valence-corrected chi connectivity index (χ4v) is 2.45. The van der Waals surface area contributed by atoms with Gasteiger partial charge in [0.15, 0.2) is 18.2 Å². The van der Waals surface area contributed by atoms with Gasteiger partial charge in [-0.3, -0.25) is 9.48 Å². The zero-order valence-corrected chi connectivity index (χ0v) is 12.6. The number of benzene rings is 1. The summed E-state index contributed by atoms with van der Waals surface area (Å²) in [6.45, 7) is 1.19. The molecule has 0 bridgehead atoms. The SMILES string of the molecule is O=C(COc1ccccc1F)Nc1cnn(C2CCOCC2)c1. The molecule has 7 heteroatoms. The number of nitrogens with zero attached hydrogens (tertiary/aromatic N) is 2. The largest absolute Gasteiger partial charge is 0.481 e. The van der Waals surface area contributed by atoms with Gasteiger partial charge in [0.2, 0.25) is 0 Å². The minimum atomic E-state index is -0.493. The third kappa shape index (κ3) is 4.07. The van der Waals surface area contributed by atoms with Crippen molar-refractivity contribution < 1.29 is 18.7 Å². The van der Waals surface area contributed by atoms with E-state index in [9.17, 15) is 9.18 Å². The first-order valence-corrected chi connectivity index (χ1v) is 7.51. The average Bonchev–Trinajstić information content (AvgIpc) is 3.03. The molecular formula is C16H18FN3O3. The maximum Gasteiger partial charge on any atom is 0.262 e. The topological polar surface area (TPSA) is 65.4 Å². The Labute approximate surface area is 133 Å². The second-order valence-electron chi connectivity index (χ2n) is 5.32. The summed E-state index contributed by atoms with van der Waals surface area (Å²) >= 11 is 0. The van der Waals surface area contributed by atoms with Gasteiger partial charge in [-0.1, -0.05) is 12.1 Å². The lowest BCUT2D eigenvalue weighted by Gasteiger charge is -2.22. The van der Waals surface area contributed by atoms with Crippen LogP contribution in [0.5, 0.6) is 5.75 Å². The number of para-hydroxylation sites is 1. The fraction of sp³-hybridized carbons (Fsp3) is 0.375. The summed E-state index contributed by atoms with van der Waals surface area (Å²) in [5.41, 5.74) is 0.596. The van der Waals surface area contributed by atoms with E-state index in [2.05, 4.69) is 10.4 Å². The third-order valence-electron chi connectivity index (χ3n) is 3.65. The lowest BCUT2D eigenvalue weighted by atomic mass is 10.1. The first-order valence-electron chi connectivity index (χ1n) is 7.51. The lowest BCUT2D eigenvalue weighted by Crippen LogP contribution is -2.21. The Morgan fingerprint density at radius 1 is 1.39 bits per heavy atom. The standard InChI is InChI=1S/C16H18FN3O3/c17-14-3-1-2-4-15(14)23-11-16(21)19-12-9-18-20(10-12)13-5-7-22-8-6-13/h1-4,9-10,13H,5-8,11H2,(H,19,21). The molecule has 23 heavy (non-hydrogen) atoms. The molecule has 0 saturated carbocycles. The molecule has 0 spiro atoms. The van der Waals surface area contributed by atoms with Crippen LogP contribution in [0, 0.1) is 5.82 Å². The summed E-state index contributed by atoms with van der Waals surface area (Å²) in [4.78, 5) is 11.9. The first-order chi connectivity index (χ1) is 11.2. The van der Waals surface area contributed by atoms with Crippen LogP contribution in [0.25, 0.3) is 0 Å². The first kappa shape index (κ1) is 15.5. The van der Waals surface area contributed by atoms with Gasteiger partial charge in [-0.25, -0.2) is 4.39 Å². The van der Waals surface area contributed by atoms with Crippen molar-refractivity contribution in [1.82, 2.24) is 9.78 Å². The number of anilines is 1. The van der Waals surface area contributed by atoms with Gasteiger partial charge in [0, 0.05) is 19.4 Å². The summed E-state index contributed by atoms with van der Waals surface area (Å²) in [7, 11) is 0. The highest BCUT2D eigenvalue weighted by molar-refractivity contribution is 5.91. The van der Waals surface area contributed by atoms with Crippen LogP contribution in [0.4, 0.5) is 10.1 Å². The van der Waals surface area contributed by atoms with E-state index in [4.69, 9.17) is 9.47 Å². The van der Waals surface area contributed by atoms with E-state index in [0.717, 1.165) is 26.1 Å². The highest BCUT2D eigenvalue weighted by Crippen LogP contribution is 2.21. The van der Waals surface area contributed by atoms with Gasteiger partial charge in [0.1, 0.15) is 0 Å². The van der Waals surface area contributed by atoms with E-state index >= 15 is 0 Å². The minimum absolute atomic E-state index is 0.0561. The number of amides is 1. The molecule has 1 aromatic carbocycles. The van der Waals surface area contributed by atoms with Crippen LogP contribution in [0.2, 0.25) is 0 Å². The lowest BCUT2D eigenvalue weighted by molar-refractivity contribution is -0.118. The molecule has 1 saturated heterocycles. The molecule has 1 N–H and O–H groups in total. The summed E-state index contributed by atoms with van der Waals surface area (Å²) < 4.78 is 25.7. The molecule has 0 aliphatic carbocycles. The quantitative estimate of drug-likeness (QED) is 0.919. The second kappa shape index (κ2) is 7.23. The third-order valence-corrected chi connectivity index (χ3v) is 3.65. The molecule has 2 aromatic rings. The van der Waals surface area contributed by atoms with Crippen molar-refractivity contribution in [1.29, 1.82) is 0 Å². The smallest absolute Gasteiger partial charge is 0.262 e. The Bertz CT molecular complexity index is 668. The molecule has 122 valence electrons. The molecule has 1 aliphatic rings. The Balaban J connectivity index is 1.52. The van der Waals surface area contributed by atoms with E-state index in [1.54, 1.807) is 24.5 Å². The number of hydrogen-bond acceptors (Lipinski definition) is 4. The van der Waals surface area contributed by atoms with Gasteiger partial charge in [-0.2, -0.15) is 5.10 Å². The van der Waals surface area contributed by atoms with Gasteiger partial charge < -0.3 is 14.8 Å². The second-order valence-corrected chi connectivity index (χ2v) is 5.32. The van der Waals surface area contributed by atoms with Crippen LogP contribution in [0.3, 0.4) is 0 Å². The Morgan fingerprint density at radius 2 is 2.17 bits per heavy atom. The monoisotopic (exact) mass is 319 g/mol. The summed E-state index contributed by atoms with van der Waals surface area (Å²) in [6, 6.07) is 6.27. The predicted octanol–water partition coefficient (Wildman–Crippen LogP) is 2.39. The highest BCUT2D eigenvalue weighted by atomic mass is 19.1. The van der Waals surface area contributed by atoms with Crippen LogP contribution in [-0.2, 0) is 9.53 Å². The number of halogens is 1. The summed E-state index contributed by atoms with van der Waals surface area (Å²) in [6.07, 6.45) is 5.20. The fourth-order valence-electron chi connectivity index (χ4n) is 2.45. The maximum absolute atomic E-state index is 13.4.